The smallest absolute Gasteiger partial charge is 0.309 e. The minimum atomic E-state index is -0.862. The van der Waals surface area contributed by atoms with Crippen molar-refractivity contribution in [2.45, 2.75) is 232 Å². The summed E-state index contributed by atoms with van der Waals surface area (Å²) in [5.41, 5.74) is 0. The topological polar surface area (TPSA) is 78.9 Å². The molecular weight excluding hydrogens is 973 g/mol. The van der Waals surface area contributed by atoms with E-state index in [1.807, 2.05) is 6.08 Å². The summed E-state index contributed by atoms with van der Waals surface area (Å²) >= 11 is 0. The molecule has 0 bridgehead atoms. The van der Waals surface area contributed by atoms with Gasteiger partial charge in [-0.25, -0.2) is 0 Å². The molecule has 79 heavy (non-hydrogen) atoms. The maximum absolute atomic E-state index is 12.9. The molecular formula is C73H110O6. The Morgan fingerprint density at radius 3 is 0.861 bits per heavy atom. The van der Waals surface area contributed by atoms with E-state index in [9.17, 15) is 14.4 Å². The van der Waals surface area contributed by atoms with Crippen molar-refractivity contribution < 1.29 is 28.6 Å². The second-order valence-corrected chi connectivity index (χ2v) is 19.5. The van der Waals surface area contributed by atoms with E-state index in [4.69, 9.17) is 14.2 Å². The predicted molar refractivity (Wildman–Crippen MR) is 343 cm³/mol. The first-order chi connectivity index (χ1) is 39.0. The molecule has 0 N–H and O–H groups in total. The Morgan fingerprint density at radius 2 is 0.519 bits per heavy atom. The summed E-state index contributed by atoms with van der Waals surface area (Å²) in [5.74, 6) is -1.15. The van der Waals surface area contributed by atoms with Crippen molar-refractivity contribution in [1.29, 1.82) is 0 Å². The lowest BCUT2D eigenvalue weighted by Gasteiger charge is -2.18. The third-order valence-electron chi connectivity index (χ3n) is 12.1. The van der Waals surface area contributed by atoms with Crippen molar-refractivity contribution in [3.8, 4) is 0 Å². The standard InChI is InChI=1S/C73H110O6/c1-4-7-10-13-16-19-22-25-28-30-31-32-33-34-35-36-37-38-39-40-41-43-45-48-51-54-57-60-63-66-72(75)78-69-70(68-77-71(74)65-62-59-56-53-50-47-44-27-24-21-18-15-12-9-6-3)79-73(76)67-64-61-58-55-52-49-46-42-29-26-23-20-17-14-11-8-5-2/h7-12,16-21,25-29,31-32,34-35,37-38,44,46,49-50,53,55,58-59,62,70H,4-6,13-15,22-24,30,33,36,39-43,45,47-48,51-52,54,56-57,60-61,63-69H2,1-3H3/b10-7-,11-8-,12-9-,19-16-,20-17-,21-18-,28-25-,29-26-,32-31-,35-34-,38-37-,44-27-,49-46-,53-50-,58-55-,62-59-. The number of rotatable bonds is 53. The van der Waals surface area contributed by atoms with Crippen LogP contribution < -0.4 is 0 Å². The van der Waals surface area contributed by atoms with E-state index in [0.717, 1.165) is 128 Å². The molecule has 0 aromatic carbocycles. The molecule has 0 saturated heterocycles. The molecule has 0 aromatic rings. The lowest BCUT2D eigenvalue weighted by molar-refractivity contribution is -0.166. The van der Waals surface area contributed by atoms with Crippen LogP contribution in [0.1, 0.15) is 226 Å². The van der Waals surface area contributed by atoms with Gasteiger partial charge in [-0.2, -0.15) is 0 Å². The van der Waals surface area contributed by atoms with Crippen LogP contribution in [0.5, 0.6) is 0 Å². The Morgan fingerprint density at radius 1 is 0.266 bits per heavy atom. The van der Waals surface area contributed by atoms with E-state index in [1.165, 1.54) is 44.9 Å². The first kappa shape index (κ1) is 73.2. The van der Waals surface area contributed by atoms with Crippen LogP contribution in [0.25, 0.3) is 0 Å². The Balaban J connectivity index is 4.49. The molecule has 6 nitrogen and oxygen atoms in total. The van der Waals surface area contributed by atoms with E-state index < -0.39 is 18.0 Å². The van der Waals surface area contributed by atoms with Crippen LogP contribution >= 0.6 is 0 Å². The molecule has 1 atom stereocenters. The highest BCUT2D eigenvalue weighted by Crippen LogP contribution is 2.14. The fourth-order valence-electron chi connectivity index (χ4n) is 7.61. The van der Waals surface area contributed by atoms with Gasteiger partial charge >= 0.3 is 17.9 Å². The lowest BCUT2D eigenvalue weighted by Crippen LogP contribution is -2.30. The Hall–Kier alpha value is -5.75. The van der Waals surface area contributed by atoms with Crippen molar-refractivity contribution >= 4 is 17.9 Å². The van der Waals surface area contributed by atoms with Gasteiger partial charge in [-0.1, -0.05) is 267 Å². The normalized spacial score (nSPS) is 13.5. The van der Waals surface area contributed by atoms with Crippen molar-refractivity contribution in [2.75, 3.05) is 13.2 Å². The number of unbranched alkanes of at least 4 members (excludes halogenated alkanes) is 11. The fourth-order valence-corrected chi connectivity index (χ4v) is 7.61. The summed E-state index contributed by atoms with van der Waals surface area (Å²) in [6, 6.07) is 0. The summed E-state index contributed by atoms with van der Waals surface area (Å²) in [6.07, 6.45) is 98.9. The van der Waals surface area contributed by atoms with E-state index in [2.05, 4.69) is 203 Å². The quantitative estimate of drug-likeness (QED) is 0.0261. The van der Waals surface area contributed by atoms with Crippen LogP contribution in [0.2, 0.25) is 0 Å². The summed E-state index contributed by atoms with van der Waals surface area (Å²) in [6.45, 7) is 6.14. The molecule has 0 aliphatic heterocycles. The molecule has 0 spiro atoms. The second kappa shape index (κ2) is 64.8. The van der Waals surface area contributed by atoms with Crippen molar-refractivity contribution in [3.63, 3.8) is 0 Å². The predicted octanol–water partition coefficient (Wildman–Crippen LogP) is 21.4. The van der Waals surface area contributed by atoms with Crippen LogP contribution in [-0.4, -0.2) is 37.2 Å². The maximum atomic E-state index is 12.9. The van der Waals surface area contributed by atoms with Gasteiger partial charge in [0, 0.05) is 12.8 Å². The van der Waals surface area contributed by atoms with Gasteiger partial charge in [0.2, 0.25) is 0 Å². The molecule has 0 aromatic heterocycles. The zero-order valence-corrected chi connectivity index (χ0v) is 50.0. The Bertz CT molecular complexity index is 1920. The average molecular weight is 1080 g/mol. The molecule has 0 aliphatic rings. The van der Waals surface area contributed by atoms with E-state index in [-0.39, 0.29) is 32.0 Å². The maximum Gasteiger partial charge on any atom is 0.309 e. The van der Waals surface area contributed by atoms with Crippen LogP contribution in [0, 0.1) is 0 Å². The minimum Gasteiger partial charge on any atom is -0.462 e. The molecule has 0 rings (SSSR count). The first-order valence-electron chi connectivity index (χ1n) is 30.9. The molecule has 0 saturated carbocycles. The highest BCUT2D eigenvalue weighted by atomic mass is 16.6. The number of carbonyl (C=O) groups is 3. The number of hydrogen-bond acceptors (Lipinski definition) is 6. The van der Waals surface area contributed by atoms with Crippen molar-refractivity contribution in [1.82, 2.24) is 0 Å². The van der Waals surface area contributed by atoms with Crippen LogP contribution in [-0.2, 0) is 28.6 Å². The number of allylic oxidation sites excluding steroid dienone is 31. The molecule has 0 radical (unpaired) electrons. The first-order valence-corrected chi connectivity index (χ1v) is 30.9. The monoisotopic (exact) mass is 1080 g/mol. The lowest BCUT2D eigenvalue weighted by atomic mass is 10.1. The number of carbonyl (C=O) groups excluding carboxylic acids is 3. The number of hydrogen-bond donors (Lipinski definition) is 0. The average Bonchev–Trinajstić information content (AvgIpc) is 3.45. The third kappa shape index (κ3) is 63.0. The molecule has 6 heteroatoms. The minimum absolute atomic E-state index is 0.104. The number of esters is 3. The van der Waals surface area contributed by atoms with Gasteiger partial charge < -0.3 is 14.2 Å². The van der Waals surface area contributed by atoms with Gasteiger partial charge in [-0.3, -0.25) is 14.4 Å². The molecule has 1 unspecified atom stereocenters. The largest absolute Gasteiger partial charge is 0.462 e. The summed E-state index contributed by atoms with van der Waals surface area (Å²) in [5, 5.41) is 0. The van der Waals surface area contributed by atoms with Crippen LogP contribution in [0.3, 0.4) is 0 Å². The van der Waals surface area contributed by atoms with Crippen LogP contribution in [0.4, 0.5) is 0 Å². The third-order valence-corrected chi connectivity index (χ3v) is 12.1. The Labute approximate surface area is 484 Å². The van der Waals surface area contributed by atoms with E-state index >= 15 is 0 Å². The molecule has 0 aliphatic carbocycles. The van der Waals surface area contributed by atoms with Gasteiger partial charge in [0.1, 0.15) is 13.2 Å². The SMILES string of the molecule is CC/C=C\C/C=C\C/C=C\C/C=C\C/C=C\C/C=C\CCCCCCCCCCCCC(=O)OCC(COC(=O)C/C=C\C/C=C\C/C=C\C/C=C\C/C=C\CC)OC(=O)CCC/C=C\C/C=C\C/C=C\C/C=C\C/C=C\CC. The van der Waals surface area contributed by atoms with Crippen molar-refractivity contribution in [2.24, 2.45) is 0 Å². The highest BCUT2D eigenvalue weighted by Gasteiger charge is 2.19. The highest BCUT2D eigenvalue weighted by molar-refractivity contribution is 5.72. The zero-order valence-electron chi connectivity index (χ0n) is 50.0. The van der Waals surface area contributed by atoms with Gasteiger partial charge in [-0.05, 0) is 135 Å². The Kier molecular flexibility index (Phi) is 60.1. The van der Waals surface area contributed by atoms with Crippen LogP contribution in [0.15, 0.2) is 194 Å². The van der Waals surface area contributed by atoms with Gasteiger partial charge in [0.25, 0.3) is 0 Å². The molecule has 0 fully saturated rings. The zero-order chi connectivity index (χ0) is 57.1. The van der Waals surface area contributed by atoms with Crippen molar-refractivity contribution in [3.05, 3.63) is 194 Å². The number of ether oxygens (including phenoxy) is 3. The second-order valence-electron chi connectivity index (χ2n) is 19.5. The van der Waals surface area contributed by atoms with E-state index in [1.54, 1.807) is 6.08 Å². The molecule has 0 heterocycles. The summed E-state index contributed by atoms with van der Waals surface area (Å²) < 4.78 is 16.7. The summed E-state index contributed by atoms with van der Waals surface area (Å²) in [7, 11) is 0. The fraction of sp³-hybridized carbons (Fsp3) is 0.521. The van der Waals surface area contributed by atoms with Gasteiger partial charge in [0.05, 0.1) is 6.42 Å². The molecule has 438 valence electrons. The van der Waals surface area contributed by atoms with Gasteiger partial charge in [-0.15, -0.1) is 0 Å². The van der Waals surface area contributed by atoms with Gasteiger partial charge in [0.15, 0.2) is 6.10 Å². The van der Waals surface area contributed by atoms with E-state index in [0.29, 0.717) is 19.3 Å². The summed E-state index contributed by atoms with van der Waals surface area (Å²) in [4.78, 5) is 38.2. The molecule has 0 amide bonds.